The Bertz CT molecular complexity index is 682. The lowest BCUT2D eigenvalue weighted by atomic mass is 10.3. The first-order valence-electron chi connectivity index (χ1n) is 6.67. The predicted octanol–water partition coefficient (Wildman–Crippen LogP) is 0.701. The summed E-state index contributed by atoms with van der Waals surface area (Å²) in [7, 11) is -3.61. The number of rotatable bonds is 7. The van der Waals surface area contributed by atoms with E-state index in [1.165, 1.54) is 0 Å². The third kappa shape index (κ3) is 3.87. The van der Waals surface area contributed by atoms with Crippen LogP contribution in [0.4, 0.5) is 0 Å². The van der Waals surface area contributed by atoms with Crippen LogP contribution in [0.5, 0.6) is 0 Å². The molecule has 0 unspecified atom stereocenters. The molecule has 3 N–H and O–H groups in total. The molecule has 0 aliphatic carbocycles. The van der Waals surface area contributed by atoms with Crippen molar-refractivity contribution in [3.8, 4) is 0 Å². The molecule has 0 spiro atoms. The number of hydrogen-bond acceptors (Lipinski definition) is 5. The number of hydrogen-bond donors (Lipinski definition) is 3. The van der Waals surface area contributed by atoms with Crippen molar-refractivity contribution in [2.24, 2.45) is 0 Å². The zero-order chi connectivity index (χ0) is 15.3. The van der Waals surface area contributed by atoms with Crippen molar-refractivity contribution in [3.63, 3.8) is 0 Å². The standard InChI is InChI=1S/C13H19N5O2S/c1-3-14-9-12-13(10(2)17-18-12)21(19,20)16-8-11-4-6-15-7-5-11/h4-7,14,16H,3,8-9H2,1-2H3,(H,17,18). The van der Waals surface area contributed by atoms with Gasteiger partial charge in [0.1, 0.15) is 4.90 Å². The quantitative estimate of drug-likeness (QED) is 0.699. The lowest BCUT2D eigenvalue weighted by Crippen LogP contribution is -2.25. The summed E-state index contributed by atoms with van der Waals surface area (Å²) in [5, 5.41) is 9.87. The van der Waals surface area contributed by atoms with Gasteiger partial charge in [-0.3, -0.25) is 10.1 Å². The van der Waals surface area contributed by atoms with Gasteiger partial charge in [0.15, 0.2) is 0 Å². The third-order valence-corrected chi connectivity index (χ3v) is 4.59. The molecule has 8 heteroatoms. The van der Waals surface area contributed by atoms with E-state index in [-0.39, 0.29) is 11.4 Å². The molecule has 0 atom stereocenters. The molecule has 7 nitrogen and oxygen atoms in total. The lowest BCUT2D eigenvalue weighted by Gasteiger charge is -2.08. The Balaban J connectivity index is 2.17. The molecule has 0 radical (unpaired) electrons. The highest BCUT2D eigenvalue weighted by atomic mass is 32.2. The number of H-pyrrole nitrogens is 1. The van der Waals surface area contributed by atoms with Crippen LogP contribution in [0.3, 0.4) is 0 Å². The summed E-state index contributed by atoms with van der Waals surface area (Å²) in [6.07, 6.45) is 3.26. The number of nitrogens with zero attached hydrogens (tertiary/aromatic N) is 2. The van der Waals surface area contributed by atoms with Crippen molar-refractivity contribution < 1.29 is 8.42 Å². The van der Waals surface area contributed by atoms with Crippen molar-refractivity contribution in [1.29, 1.82) is 0 Å². The number of pyridine rings is 1. The fourth-order valence-electron chi connectivity index (χ4n) is 1.94. The Kier molecular flexibility index (Phi) is 5.05. The molecule has 0 fully saturated rings. The molecule has 0 bridgehead atoms. The first-order chi connectivity index (χ1) is 10.0. The van der Waals surface area contributed by atoms with Crippen LogP contribution in [-0.4, -0.2) is 30.1 Å². The minimum absolute atomic E-state index is 0.218. The molecule has 0 amide bonds. The summed E-state index contributed by atoms with van der Waals surface area (Å²) in [5.41, 5.74) is 1.88. The predicted molar refractivity (Wildman–Crippen MR) is 79.0 cm³/mol. The van der Waals surface area contributed by atoms with Crippen molar-refractivity contribution in [1.82, 2.24) is 25.2 Å². The van der Waals surface area contributed by atoms with Gasteiger partial charge in [0, 0.05) is 25.5 Å². The normalized spacial score (nSPS) is 11.7. The summed E-state index contributed by atoms with van der Waals surface area (Å²) in [5.74, 6) is 0. The molecule has 0 aliphatic rings. The molecule has 0 aliphatic heterocycles. The van der Waals surface area contributed by atoms with Crippen molar-refractivity contribution in [2.45, 2.75) is 31.8 Å². The van der Waals surface area contributed by atoms with Gasteiger partial charge in [-0.25, -0.2) is 13.1 Å². The van der Waals surface area contributed by atoms with Crippen LogP contribution in [-0.2, 0) is 23.1 Å². The molecule has 21 heavy (non-hydrogen) atoms. The van der Waals surface area contributed by atoms with E-state index in [0.717, 1.165) is 12.1 Å². The third-order valence-electron chi connectivity index (χ3n) is 2.99. The minimum atomic E-state index is -3.61. The van der Waals surface area contributed by atoms with Crippen LogP contribution in [0.25, 0.3) is 0 Å². The minimum Gasteiger partial charge on any atom is -0.311 e. The van der Waals surface area contributed by atoms with E-state index in [9.17, 15) is 8.42 Å². The fraction of sp³-hybridized carbons (Fsp3) is 0.385. The van der Waals surface area contributed by atoms with Crippen LogP contribution in [0.2, 0.25) is 0 Å². The number of aromatic amines is 1. The molecular formula is C13H19N5O2S. The van der Waals surface area contributed by atoms with Crippen LogP contribution in [0.15, 0.2) is 29.4 Å². The van der Waals surface area contributed by atoms with Gasteiger partial charge in [0.2, 0.25) is 10.0 Å². The monoisotopic (exact) mass is 309 g/mol. The van der Waals surface area contributed by atoms with E-state index in [2.05, 4.69) is 25.2 Å². The van der Waals surface area contributed by atoms with E-state index in [0.29, 0.717) is 17.9 Å². The van der Waals surface area contributed by atoms with Crippen LogP contribution < -0.4 is 10.0 Å². The molecule has 2 rings (SSSR count). The first-order valence-corrected chi connectivity index (χ1v) is 8.16. The van der Waals surface area contributed by atoms with E-state index >= 15 is 0 Å². The smallest absolute Gasteiger partial charge is 0.244 e. The number of nitrogens with one attached hydrogen (secondary N) is 3. The number of aromatic nitrogens is 3. The Hall–Kier alpha value is -1.77. The van der Waals surface area contributed by atoms with Gasteiger partial charge in [-0.15, -0.1) is 0 Å². The Morgan fingerprint density at radius 1 is 1.24 bits per heavy atom. The van der Waals surface area contributed by atoms with Crippen LogP contribution in [0.1, 0.15) is 23.9 Å². The maximum Gasteiger partial charge on any atom is 0.244 e. The first kappa shape index (κ1) is 15.6. The Morgan fingerprint density at radius 2 is 1.95 bits per heavy atom. The van der Waals surface area contributed by atoms with Gasteiger partial charge >= 0.3 is 0 Å². The topological polar surface area (TPSA) is 99.8 Å². The largest absolute Gasteiger partial charge is 0.311 e. The van der Waals surface area contributed by atoms with E-state index in [1.807, 2.05) is 6.92 Å². The summed E-state index contributed by atoms with van der Waals surface area (Å²) in [6, 6.07) is 3.54. The number of aryl methyl sites for hydroxylation is 1. The Labute approximate surface area is 124 Å². The average molecular weight is 309 g/mol. The zero-order valence-electron chi connectivity index (χ0n) is 12.0. The molecule has 0 aromatic carbocycles. The van der Waals surface area contributed by atoms with Crippen molar-refractivity contribution in [3.05, 3.63) is 41.5 Å². The van der Waals surface area contributed by atoms with Gasteiger partial charge in [-0.1, -0.05) is 6.92 Å². The Morgan fingerprint density at radius 3 is 2.62 bits per heavy atom. The van der Waals surface area contributed by atoms with Crippen molar-refractivity contribution in [2.75, 3.05) is 6.54 Å². The van der Waals surface area contributed by atoms with Gasteiger partial charge in [-0.05, 0) is 31.2 Å². The molecule has 2 aromatic heterocycles. The summed E-state index contributed by atoms with van der Waals surface area (Å²) < 4.78 is 27.5. The maximum absolute atomic E-state index is 12.5. The second-order valence-corrected chi connectivity index (χ2v) is 6.29. The second kappa shape index (κ2) is 6.79. The van der Waals surface area contributed by atoms with Crippen molar-refractivity contribution >= 4 is 10.0 Å². The summed E-state index contributed by atoms with van der Waals surface area (Å²) in [4.78, 5) is 4.12. The molecule has 0 saturated heterocycles. The molecular weight excluding hydrogens is 290 g/mol. The van der Waals surface area contributed by atoms with Crippen LogP contribution in [0, 0.1) is 6.92 Å². The zero-order valence-corrected chi connectivity index (χ0v) is 12.9. The highest BCUT2D eigenvalue weighted by Gasteiger charge is 2.23. The summed E-state index contributed by atoms with van der Waals surface area (Å²) >= 11 is 0. The molecule has 114 valence electrons. The van der Waals surface area contributed by atoms with Gasteiger partial charge in [0.05, 0.1) is 11.4 Å². The van der Waals surface area contributed by atoms with E-state index < -0.39 is 10.0 Å². The average Bonchev–Trinajstić information content (AvgIpc) is 2.86. The van der Waals surface area contributed by atoms with Gasteiger partial charge in [0.25, 0.3) is 0 Å². The lowest BCUT2D eigenvalue weighted by molar-refractivity contribution is 0.578. The highest BCUT2D eigenvalue weighted by molar-refractivity contribution is 7.89. The SMILES string of the molecule is CCNCc1n[nH]c(C)c1S(=O)(=O)NCc1ccncc1. The van der Waals surface area contributed by atoms with Crippen LogP contribution >= 0.6 is 0 Å². The molecule has 2 aromatic rings. The number of sulfonamides is 1. The molecule has 2 heterocycles. The maximum atomic E-state index is 12.5. The van der Waals surface area contributed by atoms with Gasteiger partial charge < -0.3 is 5.32 Å². The second-order valence-electron chi connectivity index (χ2n) is 4.58. The van der Waals surface area contributed by atoms with Gasteiger partial charge in [-0.2, -0.15) is 5.10 Å². The molecule has 0 saturated carbocycles. The van der Waals surface area contributed by atoms with E-state index in [4.69, 9.17) is 0 Å². The fourth-order valence-corrected chi connectivity index (χ4v) is 3.32. The van der Waals surface area contributed by atoms with E-state index in [1.54, 1.807) is 31.5 Å². The highest BCUT2D eigenvalue weighted by Crippen LogP contribution is 2.17. The summed E-state index contributed by atoms with van der Waals surface area (Å²) in [6.45, 7) is 5.02.